The predicted molar refractivity (Wildman–Crippen MR) is 102 cm³/mol. The molecular formula is C18H22ClN3O2S. The second kappa shape index (κ2) is 7.09. The van der Waals surface area contributed by atoms with Crippen LogP contribution in [0.25, 0.3) is 10.2 Å². The lowest BCUT2D eigenvalue weighted by molar-refractivity contribution is -0.139. The molecule has 2 aromatic rings. The first-order valence-corrected chi connectivity index (χ1v) is 10.00. The van der Waals surface area contributed by atoms with Crippen LogP contribution >= 0.6 is 22.9 Å². The molecule has 0 radical (unpaired) electrons. The predicted octanol–water partition coefficient (Wildman–Crippen LogP) is 3.33. The van der Waals surface area contributed by atoms with Crippen molar-refractivity contribution in [1.82, 2.24) is 9.88 Å². The van der Waals surface area contributed by atoms with Gasteiger partial charge in [-0.3, -0.25) is 4.79 Å². The lowest BCUT2D eigenvalue weighted by Crippen LogP contribution is -2.48. The number of hydrogen-bond donors (Lipinski definition) is 0. The molecule has 0 aliphatic carbocycles. The van der Waals surface area contributed by atoms with Crippen molar-refractivity contribution >= 4 is 44.2 Å². The summed E-state index contributed by atoms with van der Waals surface area (Å²) in [7, 11) is 0. The molecular weight excluding hydrogens is 358 g/mol. The Balaban J connectivity index is 1.54. The van der Waals surface area contributed by atoms with Gasteiger partial charge in [0.1, 0.15) is 0 Å². The monoisotopic (exact) mass is 379 g/mol. The molecule has 0 spiro atoms. The number of piperidine rings is 1. The summed E-state index contributed by atoms with van der Waals surface area (Å²) in [6, 6.07) is 3.94. The van der Waals surface area contributed by atoms with Crippen molar-refractivity contribution in [3.05, 3.63) is 22.7 Å². The molecule has 1 aromatic carbocycles. The molecule has 1 amide bonds. The number of ether oxygens (including phenoxy) is 1. The van der Waals surface area contributed by atoms with Gasteiger partial charge in [-0.2, -0.15) is 0 Å². The fourth-order valence-electron chi connectivity index (χ4n) is 3.62. The molecule has 134 valence electrons. The first kappa shape index (κ1) is 17.1. The van der Waals surface area contributed by atoms with Crippen LogP contribution in [-0.4, -0.2) is 55.2 Å². The molecule has 3 heterocycles. The Hall–Kier alpha value is -1.37. The van der Waals surface area contributed by atoms with Gasteiger partial charge in [0, 0.05) is 26.2 Å². The highest BCUT2D eigenvalue weighted by molar-refractivity contribution is 7.22. The minimum Gasteiger partial charge on any atom is -0.378 e. The zero-order valence-electron chi connectivity index (χ0n) is 14.3. The van der Waals surface area contributed by atoms with E-state index in [4.69, 9.17) is 21.3 Å². The molecule has 7 heteroatoms. The number of amides is 1. The number of rotatable bonds is 2. The minimum absolute atomic E-state index is 0.0513. The average Bonchev–Trinajstić information content (AvgIpc) is 3.12. The average molecular weight is 380 g/mol. The highest BCUT2D eigenvalue weighted by Crippen LogP contribution is 2.37. The smallest absolute Gasteiger partial charge is 0.227 e. The summed E-state index contributed by atoms with van der Waals surface area (Å²) in [4.78, 5) is 21.8. The summed E-state index contributed by atoms with van der Waals surface area (Å²) >= 11 is 7.97. The Morgan fingerprint density at radius 1 is 1.32 bits per heavy atom. The minimum atomic E-state index is 0.0513. The second-order valence-electron chi connectivity index (χ2n) is 6.76. The first-order valence-electron chi connectivity index (χ1n) is 8.80. The van der Waals surface area contributed by atoms with Gasteiger partial charge in [0.15, 0.2) is 5.13 Å². The van der Waals surface area contributed by atoms with E-state index in [1.165, 1.54) is 0 Å². The fraction of sp³-hybridized carbons (Fsp3) is 0.556. The maximum atomic E-state index is 12.8. The number of aryl methyl sites for hydroxylation is 1. The number of nitrogens with zero attached hydrogens (tertiary/aromatic N) is 3. The largest absolute Gasteiger partial charge is 0.378 e. The van der Waals surface area contributed by atoms with Crippen LogP contribution in [-0.2, 0) is 9.53 Å². The molecule has 2 fully saturated rings. The Morgan fingerprint density at radius 2 is 2.12 bits per heavy atom. The van der Waals surface area contributed by atoms with Gasteiger partial charge in [0.2, 0.25) is 5.91 Å². The number of benzene rings is 1. The summed E-state index contributed by atoms with van der Waals surface area (Å²) in [6.45, 7) is 6.48. The van der Waals surface area contributed by atoms with Crippen LogP contribution in [0.1, 0.15) is 18.4 Å². The molecule has 0 N–H and O–H groups in total. The number of carbonyl (C=O) groups excluding carboxylic acids is 1. The number of carbonyl (C=O) groups is 1. The van der Waals surface area contributed by atoms with Crippen molar-refractivity contribution in [2.75, 3.05) is 44.3 Å². The standard InChI is InChI=1S/C18H22ClN3O2S/c1-12-4-5-14(19)16-15(12)20-18(25-16)22-6-2-3-13(11-22)17(23)21-7-9-24-10-8-21/h4-5,13H,2-3,6-11H2,1H3. The summed E-state index contributed by atoms with van der Waals surface area (Å²) in [5.74, 6) is 0.318. The molecule has 1 unspecified atom stereocenters. The normalized spacial score (nSPS) is 21.8. The Kier molecular flexibility index (Phi) is 4.84. The third-order valence-corrected chi connectivity index (χ3v) is 6.63. The third-order valence-electron chi connectivity index (χ3n) is 5.05. The van der Waals surface area contributed by atoms with E-state index in [1.54, 1.807) is 11.3 Å². The highest BCUT2D eigenvalue weighted by Gasteiger charge is 2.31. The molecule has 2 aliphatic heterocycles. The van der Waals surface area contributed by atoms with Gasteiger partial charge in [-0.15, -0.1) is 0 Å². The number of fused-ring (bicyclic) bond motifs is 1. The van der Waals surface area contributed by atoms with Crippen LogP contribution in [0.3, 0.4) is 0 Å². The Bertz CT molecular complexity index is 749. The summed E-state index contributed by atoms with van der Waals surface area (Å²) in [5.41, 5.74) is 2.12. The van der Waals surface area contributed by atoms with Crippen molar-refractivity contribution in [1.29, 1.82) is 0 Å². The van der Waals surface area contributed by atoms with E-state index in [1.807, 2.05) is 17.0 Å². The number of halogens is 1. The third kappa shape index (κ3) is 3.35. The van der Waals surface area contributed by atoms with E-state index in [9.17, 15) is 4.79 Å². The first-order chi connectivity index (χ1) is 12.1. The zero-order chi connectivity index (χ0) is 17.4. The number of hydrogen-bond acceptors (Lipinski definition) is 5. The Labute approximate surface area is 156 Å². The SMILES string of the molecule is Cc1ccc(Cl)c2sc(N3CCCC(C(=O)N4CCOCC4)C3)nc12. The van der Waals surface area contributed by atoms with Gasteiger partial charge < -0.3 is 14.5 Å². The maximum Gasteiger partial charge on any atom is 0.227 e. The van der Waals surface area contributed by atoms with Crippen molar-refractivity contribution < 1.29 is 9.53 Å². The molecule has 2 saturated heterocycles. The highest BCUT2D eigenvalue weighted by atomic mass is 35.5. The van der Waals surface area contributed by atoms with Gasteiger partial charge in [-0.1, -0.05) is 29.0 Å². The zero-order valence-corrected chi connectivity index (χ0v) is 15.9. The summed E-state index contributed by atoms with van der Waals surface area (Å²) in [6.07, 6.45) is 1.97. The molecule has 4 rings (SSSR count). The van der Waals surface area contributed by atoms with E-state index in [0.29, 0.717) is 26.3 Å². The molecule has 1 aromatic heterocycles. The van der Waals surface area contributed by atoms with Gasteiger partial charge in [-0.05, 0) is 31.4 Å². The molecule has 5 nitrogen and oxygen atoms in total. The maximum absolute atomic E-state index is 12.8. The lowest BCUT2D eigenvalue weighted by atomic mass is 9.96. The van der Waals surface area contributed by atoms with Gasteiger partial charge in [-0.25, -0.2) is 4.98 Å². The van der Waals surface area contributed by atoms with Crippen molar-refractivity contribution in [3.8, 4) is 0 Å². The van der Waals surface area contributed by atoms with Gasteiger partial charge in [0.05, 0.1) is 34.4 Å². The van der Waals surface area contributed by atoms with Crippen molar-refractivity contribution in [2.45, 2.75) is 19.8 Å². The van der Waals surface area contributed by atoms with E-state index in [2.05, 4.69) is 11.8 Å². The van der Waals surface area contributed by atoms with Crippen LogP contribution in [0.4, 0.5) is 5.13 Å². The molecule has 1 atom stereocenters. The van der Waals surface area contributed by atoms with Crippen molar-refractivity contribution in [3.63, 3.8) is 0 Å². The van der Waals surface area contributed by atoms with E-state index >= 15 is 0 Å². The number of morpholine rings is 1. The van der Waals surface area contributed by atoms with Crippen LogP contribution < -0.4 is 4.90 Å². The lowest BCUT2D eigenvalue weighted by Gasteiger charge is -2.36. The quantitative estimate of drug-likeness (QED) is 0.802. The second-order valence-corrected chi connectivity index (χ2v) is 8.15. The van der Waals surface area contributed by atoms with E-state index in [-0.39, 0.29) is 11.8 Å². The van der Waals surface area contributed by atoms with Crippen LogP contribution in [0.15, 0.2) is 12.1 Å². The van der Waals surface area contributed by atoms with Crippen LogP contribution in [0, 0.1) is 12.8 Å². The summed E-state index contributed by atoms with van der Waals surface area (Å²) in [5, 5.41) is 1.73. The molecule has 0 bridgehead atoms. The van der Waals surface area contributed by atoms with Crippen LogP contribution in [0.5, 0.6) is 0 Å². The van der Waals surface area contributed by atoms with Gasteiger partial charge >= 0.3 is 0 Å². The number of aromatic nitrogens is 1. The number of anilines is 1. The van der Waals surface area contributed by atoms with E-state index in [0.717, 1.165) is 51.9 Å². The number of thiazole rings is 1. The topological polar surface area (TPSA) is 45.7 Å². The molecule has 0 saturated carbocycles. The molecule has 2 aliphatic rings. The van der Waals surface area contributed by atoms with Crippen LogP contribution in [0.2, 0.25) is 5.02 Å². The molecule has 25 heavy (non-hydrogen) atoms. The van der Waals surface area contributed by atoms with Crippen molar-refractivity contribution in [2.24, 2.45) is 5.92 Å². The fourth-order valence-corrected chi connectivity index (χ4v) is 4.97. The van der Waals surface area contributed by atoms with Gasteiger partial charge in [0.25, 0.3) is 0 Å². The summed E-state index contributed by atoms with van der Waals surface area (Å²) < 4.78 is 6.40. The van der Waals surface area contributed by atoms with E-state index < -0.39 is 0 Å². The Morgan fingerprint density at radius 3 is 2.88 bits per heavy atom.